The van der Waals surface area contributed by atoms with Crippen molar-refractivity contribution >= 4 is 5.84 Å². The maximum atomic E-state index is 8.68. The van der Waals surface area contributed by atoms with Crippen molar-refractivity contribution in [3.63, 3.8) is 0 Å². The Morgan fingerprint density at radius 1 is 1.47 bits per heavy atom. The van der Waals surface area contributed by atoms with Crippen molar-refractivity contribution in [2.75, 3.05) is 33.5 Å². The zero-order chi connectivity index (χ0) is 13.9. The molecular weight excluding hydrogens is 248 g/mol. The van der Waals surface area contributed by atoms with Gasteiger partial charge in [-0.15, -0.1) is 0 Å². The van der Waals surface area contributed by atoms with Gasteiger partial charge in [-0.1, -0.05) is 11.2 Å². The van der Waals surface area contributed by atoms with Crippen LogP contribution in [0.15, 0.2) is 23.5 Å². The largest absolute Gasteiger partial charge is 0.409 e. The molecule has 0 radical (unpaired) electrons. The van der Waals surface area contributed by atoms with Gasteiger partial charge in [-0.2, -0.15) is 0 Å². The number of aromatic nitrogens is 1. The third-order valence-electron chi connectivity index (χ3n) is 2.41. The van der Waals surface area contributed by atoms with Gasteiger partial charge in [0.15, 0.2) is 5.84 Å². The predicted molar refractivity (Wildman–Crippen MR) is 71.1 cm³/mol. The van der Waals surface area contributed by atoms with E-state index in [4.69, 9.17) is 20.4 Å². The summed E-state index contributed by atoms with van der Waals surface area (Å²) in [6.07, 6.45) is 1.60. The van der Waals surface area contributed by atoms with Gasteiger partial charge in [-0.25, -0.2) is 0 Å². The molecule has 0 saturated carbocycles. The van der Waals surface area contributed by atoms with Gasteiger partial charge < -0.3 is 25.7 Å². The molecule has 0 aliphatic carbocycles. The van der Waals surface area contributed by atoms with Crippen LogP contribution in [0.4, 0.5) is 0 Å². The number of amidine groups is 1. The van der Waals surface area contributed by atoms with Gasteiger partial charge in [0.05, 0.1) is 19.8 Å². The second kappa shape index (κ2) is 9.26. The maximum absolute atomic E-state index is 8.68. The van der Waals surface area contributed by atoms with Crippen molar-refractivity contribution in [3.05, 3.63) is 29.6 Å². The van der Waals surface area contributed by atoms with Crippen LogP contribution in [0.5, 0.6) is 0 Å². The number of nitrogens with zero attached hydrogens (tertiary/aromatic N) is 2. The summed E-state index contributed by atoms with van der Waals surface area (Å²) in [5, 5.41) is 14.8. The Bertz CT molecular complexity index is 398. The number of pyridine rings is 1. The summed E-state index contributed by atoms with van der Waals surface area (Å²) in [6, 6.07) is 3.68. The fourth-order valence-electron chi connectivity index (χ4n) is 1.47. The molecule has 0 amide bonds. The molecule has 19 heavy (non-hydrogen) atoms. The van der Waals surface area contributed by atoms with E-state index in [0.29, 0.717) is 38.6 Å². The molecule has 0 atom stereocenters. The summed E-state index contributed by atoms with van der Waals surface area (Å²) in [5.41, 5.74) is 6.91. The minimum absolute atomic E-state index is 0.00810. The quantitative estimate of drug-likeness (QED) is 0.190. The molecule has 7 heteroatoms. The first-order chi connectivity index (χ1) is 9.29. The highest BCUT2D eigenvalue weighted by molar-refractivity contribution is 5.96. The predicted octanol–water partition coefficient (Wildman–Crippen LogP) is -0.0713. The number of hydrogen-bond acceptors (Lipinski definition) is 6. The van der Waals surface area contributed by atoms with Crippen LogP contribution < -0.4 is 11.1 Å². The molecule has 4 N–H and O–H groups in total. The molecule has 7 nitrogen and oxygen atoms in total. The smallest absolute Gasteiger partial charge is 0.189 e. The molecule has 0 aromatic carbocycles. The van der Waals surface area contributed by atoms with Gasteiger partial charge in [0.2, 0.25) is 0 Å². The van der Waals surface area contributed by atoms with E-state index in [9.17, 15) is 0 Å². The van der Waals surface area contributed by atoms with Crippen LogP contribution in [-0.4, -0.2) is 49.5 Å². The summed E-state index contributed by atoms with van der Waals surface area (Å²) >= 11 is 0. The average Bonchev–Trinajstić information content (AvgIpc) is 2.46. The van der Waals surface area contributed by atoms with Crippen LogP contribution in [0, 0.1) is 0 Å². The van der Waals surface area contributed by atoms with Crippen LogP contribution in [-0.2, 0) is 16.0 Å². The first-order valence-corrected chi connectivity index (χ1v) is 5.98. The lowest BCUT2D eigenvalue weighted by atomic mass is 10.2. The minimum atomic E-state index is 0.00810. The molecule has 1 aromatic rings. The van der Waals surface area contributed by atoms with E-state index in [0.717, 1.165) is 5.56 Å². The highest BCUT2D eigenvalue weighted by Gasteiger charge is 2.07. The average molecular weight is 268 g/mol. The molecule has 1 heterocycles. The Balaban J connectivity index is 2.33. The number of hydrogen-bond donors (Lipinski definition) is 3. The van der Waals surface area contributed by atoms with Crippen LogP contribution in [0.25, 0.3) is 0 Å². The number of nitrogens with two attached hydrogens (primary N) is 1. The number of oxime groups is 1. The van der Waals surface area contributed by atoms with E-state index < -0.39 is 0 Å². The standard InChI is InChI=1S/C12H20N4O3/c1-18-7-8-19-6-5-14-9-10-3-2-4-15-11(10)12(13)16-17/h2-4,14,17H,5-9H2,1H3,(H2,13,16). The van der Waals surface area contributed by atoms with Crippen molar-refractivity contribution in [2.45, 2.75) is 6.54 Å². The molecule has 1 rings (SSSR count). The van der Waals surface area contributed by atoms with E-state index in [1.54, 1.807) is 19.4 Å². The van der Waals surface area contributed by atoms with E-state index in [1.165, 1.54) is 0 Å². The van der Waals surface area contributed by atoms with Gasteiger partial charge in [0, 0.05) is 26.4 Å². The van der Waals surface area contributed by atoms with Crippen molar-refractivity contribution < 1.29 is 14.7 Å². The van der Waals surface area contributed by atoms with Gasteiger partial charge in [0.1, 0.15) is 5.69 Å². The van der Waals surface area contributed by atoms with Crippen LogP contribution in [0.3, 0.4) is 0 Å². The molecule has 0 saturated heterocycles. The van der Waals surface area contributed by atoms with Crippen LogP contribution >= 0.6 is 0 Å². The van der Waals surface area contributed by atoms with Gasteiger partial charge in [0.25, 0.3) is 0 Å². The van der Waals surface area contributed by atoms with Gasteiger partial charge in [-0.05, 0) is 11.6 Å². The number of ether oxygens (including phenoxy) is 2. The van der Waals surface area contributed by atoms with E-state index in [2.05, 4.69) is 15.5 Å². The number of nitrogens with one attached hydrogen (secondary N) is 1. The Hall–Kier alpha value is -1.70. The Morgan fingerprint density at radius 3 is 3.05 bits per heavy atom. The normalized spacial score (nSPS) is 11.7. The van der Waals surface area contributed by atoms with Crippen molar-refractivity contribution in [3.8, 4) is 0 Å². The summed E-state index contributed by atoms with van der Waals surface area (Å²) < 4.78 is 10.2. The Morgan fingerprint density at radius 2 is 2.32 bits per heavy atom. The molecule has 0 aliphatic rings. The van der Waals surface area contributed by atoms with Gasteiger partial charge >= 0.3 is 0 Å². The Labute approximate surface area is 112 Å². The third kappa shape index (κ3) is 5.64. The highest BCUT2D eigenvalue weighted by atomic mass is 16.5. The first-order valence-electron chi connectivity index (χ1n) is 5.98. The molecule has 106 valence electrons. The van der Waals surface area contributed by atoms with E-state index in [1.807, 2.05) is 6.07 Å². The number of rotatable bonds is 9. The maximum Gasteiger partial charge on any atom is 0.189 e. The number of methoxy groups -OCH3 is 1. The molecule has 0 spiro atoms. The van der Waals surface area contributed by atoms with Crippen molar-refractivity contribution in [1.29, 1.82) is 0 Å². The van der Waals surface area contributed by atoms with Gasteiger partial charge in [-0.3, -0.25) is 4.98 Å². The zero-order valence-corrected chi connectivity index (χ0v) is 11.0. The topological polar surface area (TPSA) is 102 Å². The minimum Gasteiger partial charge on any atom is -0.409 e. The lowest BCUT2D eigenvalue weighted by Crippen LogP contribution is -2.24. The fourth-order valence-corrected chi connectivity index (χ4v) is 1.47. The summed E-state index contributed by atoms with van der Waals surface area (Å²) in [7, 11) is 1.64. The molecule has 0 aliphatic heterocycles. The molecule has 0 bridgehead atoms. The summed E-state index contributed by atoms with van der Waals surface area (Å²) in [6.45, 7) is 3.06. The SMILES string of the molecule is COCCOCCNCc1cccnc1C(N)=NO. The molecular formula is C12H20N4O3. The fraction of sp³-hybridized carbons (Fsp3) is 0.500. The third-order valence-corrected chi connectivity index (χ3v) is 2.41. The van der Waals surface area contributed by atoms with Crippen LogP contribution in [0.2, 0.25) is 0 Å². The van der Waals surface area contributed by atoms with E-state index in [-0.39, 0.29) is 5.84 Å². The van der Waals surface area contributed by atoms with Crippen molar-refractivity contribution in [1.82, 2.24) is 10.3 Å². The second-order valence-corrected chi connectivity index (χ2v) is 3.78. The highest BCUT2D eigenvalue weighted by Crippen LogP contribution is 2.04. The molecule has 0 fully saturated rings. The first kappa shape index (κ1) is 15.4. The second-order valence-electron chi connectivity index (χ2n) is 3.78. The van der Waals surface area contributed by atoms with Crippen molar-refractivity contribution in [2.24, 2.45) is 10.9 Å². The van der Waals surface area contributed by atoms with E-state index >= 15 is 0 Å². The summed E-state index contributed by atoms with van der Waals surface area (Å²) in [5.74, 6) is 0.00810. The Kier molecular flexibility index (Phi) is 7.48. The molecule has 0 unspecified atom stereocenters. The summed E-state index contributed by atoms with van der Waals surface area (Å²) in [4.78, 5) is 4.09. The lowest BCUT2D eigenvalue weighted by Gasteiger charge is -2.09. The zero-order valence-electron chi connectivity index (χ0n) is 11.0. The lowest BCUT2D eigenvalue weighted by molar-refractivity contribution is 0.0719. The van der Waals surface area contributed by atoms with Crippen LogP contribution in [0.1, 0.15) is 11.3 Å². The molecule has 1 aromatic heterocycles. The monoisotopic (exact) mass is 268 g/mol.